The molecule has 132 valence electrons. The number of piperidine rings is 1. The molecule has 5 heterocycles. The second-order valence-corrected chi connectivity index (χ2v) is 6.39. The minimum atomic E-state index is -4.48. The van der Waals surface area contributed by atoms with Crippen molar-refractivity contribution in [3.8, 4) is 0 Å². The van der Waals surface area contributed by atoms with Gasteiger partial charge in [0.2, 0.25) is 0 Å². The van der Waals surface area contributed by atoms with E-state index in [1.54, 1.807) is 6.20 Å². The molecule has 2 atom stereocenters. The van der Waals surface area contributed by atoms with Crippen molar-refractivity contribution >= 4 is 5.82 Å². The molecule has 2 aromatic rings. The minimum absolute atomic E-state index is 0.214. The zero-order chi connectivity index (χ0) is 17.6. The molecule has 0 N–H and O–H groups in total. The van der Waals surface area contributed by atoms with Crippen LogP contribution >= 0.6 is 0 Å². The van der Waals surface area contributed by atoms with Crippen LogP contribution in [0.4, 0.5) is 23.4 Å². The third kappa shape index (κ3) is 3.15. The number of rotatable bonds is 3. The summed E-state index contributed by atoms with van der Waals surface area (Å²) in [5, 5.41) is 0. The Bertz CT molecular complexity index is 769. The van der Waals surface area contributed by atoms with E-state index in [-0.39, 0.29) is 17.9 Å². The smallest absolute Gasteiger partial charge is 0.353 e. The first-order valence-electron chi connectivity index (χ1n) is 7.89. The highest BCUT2D eigenvalue weighted by molar-refractivity contribution is 5.42. The van der Waals surface area contributed by atoms with Crippen LogP contribution in [0.1, 0.15) is 17.7 Å². The summed E-state index contributed by atoms with van der Waals surface area (Å²) in [6.45, 7) is 1.77. The van der Waals surface area contributed by atoms with Crippen molar-refractivity contribution in [3.63, 3.8) is 0 Å². The minimum Gasteiger partial charge on any atom is -0.353 e. The number of aromatic nitrogens is 3. The first-order valence-corrected chi connectivity index (χ1v) is 7.89. The fraction of sp³-hybridized carbons (Fsp3) is 0.438. The number of hydrogen-bond donors (Lipinski definition) is 0. The van der Waals surface area contributed by atoms with E-state index in [9.17, 15) is 17.6 Å². The lowest BCUT2D eigenvalue weighted by molar-refractivity contribution is -0.141. The summed E-state index contributed by atoms with van der Waals surface area (Å²) < 4.78 is 51.7. The molecule has 3 aliphatic heterocycles. The highest BCUT2D eigenvalue weighted by atomic mass is 19.4. The number of halogens is 4. The SMILES string of the molecule is Fc1cncc(CN2C3CC2CN(c2cc(C(F)(F)F)ncn2)C3)c1. The van der Waals surface area contributed by atoms with Gasteiger partial charge in [0.15, 0.2) is 0 Å². The van der Waals surface area contributed by atoms with Crippen LogP contribution in [-0.2, 0) is 12.7 Å². The maximum Gasteiger partial charge on any atom is 0.433 e. The average Bonchev–Trinajstić information content (AvgIpc) is 2.59. The van der Waals surface area contributed by atoms with E-state index in [2.05, 4.69) is 19.9 Å². The molecule has 2 bridgehead atoms. The lowest BCUT2D eigenvalue weighted by Gasteiger charge is -2.56. The van der Waals surface area contributed by atoms with Crippen LogP contribution in [0.15, 0.2) is 30.9 Å². The molecule has 5 nitrogen and oxygen atoms in total. The van der Waals surface area contributed by atoms with E-state index in [0.717, 1.165) is 30.6 Å². The predicted octanol–water partition coefficient (Wildman–Crippen LogP) is 2.49. The number of alkyl halides is 3. The maximum atomic E-state index is 13.3. The Labute approximate surface area is 141 Å². The maximum absolute atomic E-state index is 13.3. The van der Waals surface area contributed by atoms with E-state index < -0.39 is 11.9 Å². The van der Waals surface area contributed by atoms with E-state index in [1.165, 1.54) is 6.07 Å². The molecule has 2 unspecified atom stereocenters. The Hall–Kier alpha value is -2.29. The molecule has 3 aliphatic rings. The zero-order valence-corrected chi connectivity index (χ0v) is 13.1. The number of nitrogens with zero attached hydrogens (tertiary/aromatic N) is 5. The highest BCUT2D eigenvalue weighted by Gasteiger charge is 2.45. The zero-order valence-electron chi connectivity index (χ0n) is 13.1. The lowest BCUT2D eigenvalue weighted by Crippen LogP contribution is -2.68. The molecule has 5 rings (SSSR count). The van der Waals surface area contributed by atoms with Gasteiger partial charge in [-0.2, -0.15) is 13.2 Å². The number of piperazine rings is 1. The average molecular weight is 353 g/mol. The van der Waals surface area contributed by atoms with E-state index >= 15 is 0 Å². The Kier molecular flexibility index (Phi) is 3.82. The molecular weight excluding hydrogens is 338 g/mol. The molecule has 0 spiro atoms. The third-order valence-electron chi connectivity index (χ3n) is 4.74. The number of anilines is 1. The molecule has 3 fully saturated rings. The van der Waals surface area contributed by atoms with Crippen molar-refractivity contribution in [1.29, 1.82) is 0 Å². The van der Waals surface area contributed by atoms with Gasteiger partial charge in [-0.25, -0.2) is 14.4 Å². The second-order valence-electron chi connectivity index (χ2n) is 6.39. The Balaban J connectivity index is 1.45. The molecule has 0 amide bonds. The van der Waals surface area contributed by atoms with Gasteiger partial charge in [0.05, 0.1) is 6.20 Å². The molecule has 25 heavy (non-hydrogen) atoms. The van der Waals surface area contributed by atoms with Crippen molar-refractivity contribution in [2.45, 2.75) is 31.2 Å². The molecule has 0 aliphatic carbocycles. The first-order chi connectivity index (χ1) is 11.9. The van der Waals surface area contributed by atoms with E-state index in [0.29, 0.717) is 25.5 Å². The Morgan fingerprint density at radius 1 is 1.08 bits per heavy atom. The van der Waals surface area contributed by atoms with Gasteiger partial charge in [0.1, 0.15) is 23.7 Å². The van der Waals surface area contributed by atoms with Gasteiger partial charge in [-0.1, -0.05) is 0 Å². The first kappa shape index (κ1) is 16.2. The van der Waals surface area contributed by atoms with E-state index in [1.807, 2.05) is 4.90 Å². The summed E-state index contributed by atoms with van der Waals surface area (Å²) in [5.74, 6) is -0.0745. The Morgan fingerprint density at radius 3 is 2.52 bits per heavy atom. The van der Waals surface area contributed by atoms with Gasteiger partial charge in [-0.3, -0.25) is 9.88 Å². The normalized spacial score (nSPS) is 23.4. The van der Waals surface area contributed by atoms with Crippen molar-refractivity contribution < 1.29 is 17.6 Å². The van der Waals surface area contributed by atoms with Crippen LogP contribution in [0.25, 0.3) is 0 Å². The Morgan fingerprint density at radius 2 is 1.84 bits per heavy atom. The summed E-state index contributed by atoms with van der Waals surface area (Å²) in [6.07, 6.45) is 0.252. The molecule has 0 radical (unpaired) electrons. The van der Waals surface area contributed by atoms with Gasteiger partial charge >= 0.3 is 6.18 Å². The second kappa shape index (κ2) is 5.91. The molecule has 0 saturated carbocycles. The highest BCUT2D eigenvalue weighted by Crippen LogP contribution is 2.36. The van der Waals surface area contributed by atoms with Gasteiger partial charge in [-0.05, 0) is 18.1 Å². The van der Waals surface area contributed by atoms with Gasteiger partial charge in [-0.15, -0.1) is 0 Å². The summed E-state index contributed by atoms with van der Waals surface area (Å²) in [4.78, 5) is 15.2. The van der Waals surface area contributed by atoms with Crippen molar-refractivity contribution in [3.05, 3.63) is 47.9 Å². The van der Waals surface area contributed by atoms with Crippen LogP contribution in [0.3, 0.4) is 0 Å². The summed E-state index contributed by atoms with van der Waals surface area (Å²) >= 11 is 0. The monoisotopic (exact) mass is 353 g/mol. The molecular formula is C16H15F4N5. The summed E-state index contributed by atoms with van der Waals surface area (Å²) in [7, 11) is 0. The standard InChI is InChI=1S/C16H15F4N5/c17-11-1-10(4-21-5-11)6-25-12-2-13(25)8-24(7-12)15-3-14(16(18,19)20)22-9-23-15/h1,3-5,9,12-13H,2,6-8H2. The number of fused-ring (bicyclic) bond motifs is 2. The molecule has 9 heteroatoms. The van der Waals surface area contributed by atoms with Gasteiger partial charge in [0, 0.05) is 44.0 Å². The van der Waals surface area contributed by atoms with Crippen LogP contribution in [0.5, 0.6) is 0 Å². The number of hydrogen-bond acceptors (Lipinski definition) is 5. The summed E-state index contributed by atoms with van der Waals surface area (Å²) in [6, 6.07) is 2.88. The van der Waals surface area contributed by atoms with Crippen LogP contribution in [-0.4, -0.2) is 45.0 Å². The molecule has 3 saturated heterocycles. The lowest BCUT2D eigenvalue weighted by atomic mass is 9.87. The fourth-order valence-electron chi connectivity index (χ4n) is 3.56. The fourth-order valence-corrected chi connectivity index (χ4v) is 3.56. The molecule has 0 aromatic carbocycles. The topological polar surface area (TPSA) is 45.2 Å². The quantitative estimate of drug-likeness (QED) is 0.794. The van der Waals surface area contributed by atoms with Crippen LogP contribution in [0.2, 0.25) is 0 Å². The van der Waals surface area contributed by atoms with Gasteiger partial charge < -0.3 is 4.90 Å². The van der Waals surface area contributed by atoms with E-state index in [4.69, 9.17) is 0 Å². The van der Waals surface area contributed by atoms with Crippen LogP contribution < -0.4 is 4.90 Å². The predicted molar refractivity (Wildman–Crippen MR) is 81.2 cm³/mol. The third-order valence-corrected chi connectivity index (χ3v) is 4.74. The largest absolute Gasteiger partial charge is 0.433 e. The van der Waals surface area contributed by atoms with Crippen molar-refractivity contribution in [2.24, 2.45) is 0 Å². The number of pyridine rings is 1. The van der Waals surface area contributed by atoms with Crippen molar-refractivity contribution in [2.75, 3.05) is 18.0 Å². The van der Waals surface area contributed by atoms with Gasteiger partial charge in [0.25, 0.3) is 0 Å². The van der Waals surface area contributed by atoms with Crippen molar-refractivity contribution in [1.82, 2.24) is 19.9 Å². The molecule has 2 aromatic heterocycles. The summed E-state index contributed by atoms with van der Waals surface area (Å²) in [5.41, 5.74) is -0.135. The van der Waals surface area contributed by atoms with Crippen LogP contribution in [0, 0.1) is 5.82 Å².